The van der Waals surface area contributed by atoms with Crippen LogP contribution in [0, 0.1) is 17.8 Å². The fraction of sp³-hybridized carbons (Fsp3) is 0.941. The highest BCUT2D eigenvalue weighted by Crippen LogP contribution is 2.31. The predicted octanol–water partition coefficient (Wildman–Crippen LogP) is 3.10. The molecule has 2 fully saturated rings. The molecule has 1 amide bonds. The minimum atomic E-state index is 0.257. The molecule has 3 nitrogen and oxygen atoms in total. The third-order valence-corrected chi connectivity index (χ3v) is 5.51. The zero-order chi connectivity index (χ0) is 14.4. The Morgan fingerprint density at radius 2 is 1.95 bits per heavy atom. The number of hydrogen-bond acceptors (Lipinski definition) is 2. The number of carbonyl (C=O) groups is 1. The van der Waals surface area contributed by atoms with Gasteiger partial charge in [0, 0.05) is 12.5 Å². The van der Waals surface area contributed by atoms with Crippen molar-refractivity contribution in [2.45, 2.75) is 71.3 Å². The van der Waals surface area contributed by atoms with Crippen LogP contribution in [0.4, 0.5) is 0 Å². The molecule has 0 aromatic carbocycles. The van der Waals surface area contributed by atoms with Gasteiger partial charge in [-0.3, -0.25) is 4.79 Å². The Hall–Kier alpha value is -0.570. The molecule has 1 aliphatic carbocycles. The summed E-state index contributed by atoms with van der Waals surface area (Å²) in [6, 6.07) is 0.326. The first-order valence-electron chi connectivity index (χ1n) is 8.67. The number of carbonyl (C=O) groups excluding carboxylic acids is 1. The van der Waals surface area contributed by atoms with Crippen LogP contribution >= 0.6 is 0 Å². The van der Waals surface area contributed by atoms with E-state index >= 15 is 0 Å². The molecule has 2 aliphatic rings. The maximum atomic E-state index is 12.1. The molecular weight excluding hydrogens is 248 g/mol. The standard InChI is InChI=1S/C17H32N2O/c1-13(16-6-4-3-5-7-16)14(2)19-17(20)9-8-15-10-11-18-12-15/h13-16,18H,3-12H2,1-2H3,(H,19,20). The van der Waals surface area contributed by atoms with Gasteiger partial charge in [0.05, 0.1) is 0 Å². The smallest absolute Gasteiger partial charge is 0.220 e. The minimum Gasteiger partial charge on any atom is -0.353 e. The summed E-state index contributed by atoms with van der Waals surface area (Å²) in [7, 11) is 0. The number of amides is 1. The monoisotopic (exact) mass is 280 g/mol. The molecule has 0 radical (unpaired) electrons. The molecule has 20 heavy (non-hydrogen) atoms. The molecule has 1 saturated heterocycles. The maximum absolute atomic E-state index is 12.1. The molecule has 116 valence electrons. The van der Waals surface area contributed by atoms with Crippen molar-refractivity contribution >= 4 is 5.91 Å². The van der Waals surface area contributed by atoms with Crippen molar-refractivity contribution in [2.24, 2.45) is 17.8 Å². The van der Waals surface area contributed by atoms with Gasteiger partial charge in [0.25, 0.3) is 0 Å². The predicted molar refractivity (Wildman–Crippen MR) is 83.6 cm³/mol. The summed E-state index contributed by atoms with van der Waals surface area (Å²) in [5, 5.41) is 6.61. The van der Waals surface area contributed by atoms with Crippen LogP contribution in [-0.2, 0) is 4.79 Å². The normalized spacial score (nSPS) is 27.2. The first-order valence-corrected chi connectivity index (χ1v) is 8.67. The van der Waals surface area contributed by atoms with Gasteiger partial charge in [-0.15, -0.1) is 0 Å². The Kier molecular flexibility index (Phi) is 6.34. The van der Waals surface area contributed by atoms with Crippen LogP contribution in [0.5, 0.6) is 0 Å². The van der Waals surface area contributed by atoms with Gasteiger partial charge in [0.15, 0.2) is 0 Å². The van der Waals surface area contributed by atoms with Crippen LogP contribution in [0.2, 0.25) is 0 Å². The topological polar surface area (TPSA) is 41.1 Å². The highest BCUT2D eigenvalue weighted by molar-refractivity contribution is 5.76. The summed E-state index contributed by atoms with van der Waals surface area (Å²) in [4.78, 5) is 12.1. The lowest BCUT2D eigenvalue weighted by Crippen LogP contribution is -2.40. The molecule has 1 saturated carbocycles. The van der Waals surface area contributed by atoms with Crippen LogP contribution in [0.15, 0.2) is 0 Å². The van der Waals surface area contributed by atoms with Crippen molar-refractivity contribution in [2.75, 3.05) is 13.1 Å². The molecule has 0 bridgehead atoms. The van der Waals surface area contributed by atoms with Gasteiger partial charge in [0.2, 0.25) is 5.91 Å². The van der Waals surface area contributed by atoms with Crippen LogP contribution in [0.3, 0.4) is 0 Å². The number of hydrogen-bond donors (Lipinski definition) is 2. The molecule has 1 heterocycles. The van der Waals surface area contributed by atoms with E-state index in [0.29, 0.717) is 24.3 Å². The molecule has 1 aliphatic heterocycles. The van der Waals surface area contributed by atoms with E-state index in [1.54, 1.807) is 0 Å². The highest BCUT2D eigenvalue weighted by atomic mass is 16.1. The zero-order valence-electron chi connectivity index (χ0n) is 13.3. The SMILES string of the molecule is CC(NC(=O)CCC1CCNC1)C(C)C1CCCCC1. The molecular formula is C17H32N2O. The van der Waals surface area contributed by atoms with E-state index in [2.05, 4.69) is 24.5 Å². The van der Waals surface area contributed by atoms with Crippen molar-refractivity contribution in [3.05, 3.63) is 0 Å². The average Bonchev–Trinajstić information content (AvgIpc) is 2.98. The van der Waals surface area contributed by atoms with Crippen LogP contribution in [0.1, 0.15) is 65.2 Å². The van der Waals surface area contributed by atoms with Crippen molar-refractivity contribution in [1.29, 1.82) is 0 Å². The molecule has 2 rings (SSSR count). The van der Waals surface area contributed by atoms with Crippen LogP contribution < -0.4 is 10.6 Å². The fourth-order valence-electron chi connectivity index (χ4n) is 3.82. The van der Waals surface area contributed by atoms with E-state index in [1.165, 1.54) is 38.5 Å². The summed E-state index contributed by atoms with van der Waals surface area (Å²) in [5.74, 6) is 2.41. The van der Waals surface area contributed by atoms with Crippen molar-refractivity contribution in [1.82, 2.24) is 10.6 Å². The van der Waals surface area contributed by atoms with Gasteiger partial charge >= 0.3 is 0 Å². The Bertz CT molecular complexity index is 293. The van der Waals surface area contributed by atoms with Gasteiger partial charge in [-0.1, -0.05) is 39.0 Å². The first kappa shape index (κ1) is 15.8. The molecule has 0 aromatic heterocycles. The third kappa shape index (κ3) is 4.76. The second-order valence-corrected chi connectivity index (χ2v) is 7.01. The fourth-order valence-corrected chi connectivity index (χ4v) is 3.82. The second-order valence-electron chi connectivity index (χ2n) is 7.01. The van der Waals surface area contributed by atoms with E-state index in [4.69, 9.17) is 0 Å². The van der Waals surface area contributed by atoms with E-state index < -0.39 is 0 Å². The Morgan fingerprint density at radius 1 is 1.20 bits per heavy atom. The molecule has 3 heteroatoms. The van der Waals surface area contributed by atoms with Crippen LogP contribution in [0.25, 0.3) is 0 Å². The van der Waals surface area contributed by atoms with Gasteiger partial charge in [0.1, 0.15) is 0 Å². The van der Waals surface area contributed by atoms with Gasteiger partial charge in [-0.2, -0.15) is 0 Å². The lowest BCUT2D eigenvalue weighted by atomic mass is 9.78. The van der Waals surface area contributed by atoms with Gasteiger partial charge < -0.3 is 10.6 Å². The summed E-state index contributed by atoms with van der Waals surface area (Å²) >= 11 is 0. The Labute approximate surface area is 124 Å². The lowest BCUT2D eigenvalue weighted by molar-refractivity contribution is -0.122. The Balaban J connectivity index is 1.66. The third-order valence-electron chi connectivity index (χ3n) is 5.51. The second kappa shape index (κ2) is 8.02. The average molecular weight is 280 g/mol. The number of nitrogens with one attached hydrogen (secondary N) is 2. The van der Waals surface area contributed by atoms with Crippen molar-refractivity contribution in [3.63, 3.8) is 0 Å². The van der Waals surface area contributed by atoms with Gasteiger partial charge in [-0.05, 0) is 50.6 Å². The number of rotatable bonds is 6. The van der Waals surface area contributed by atoms with Gasteiger partial charge in [-0.25, -0.2) is 0 Å². The minimum absolute atomic E-state index is 0.257. The summed E-state index contributed by atoms with van der Waals surface area (Å²) in [5.41, 5.74) is 0. The molecule has 3 atom stereocenters. The lowest BCUT2D eigenvalue weighted by Gasteiger charge is -2.32. The molecule has 0 aromatic rings. The van der Waals surface area contributed by atoms with E-state index in [9.17, 15) is 4.79 Å². The Morgan fingerprint density at radius 3 is 2.60 bits per heavy atom. The zero-order valence-corrected chi connectivity index (χ0v) is 13.3. The van der Waals surface area contributed by atoms with E-state index in [0.717, 1.165) is 25.4 Å². The van der Waals surface area contributed by atoms with E-state index in [-0.39, 0.29) is 5.91 Å². The molecule has 2 N–H and O–H groups in total. The summed E-state index contributed by atoms with van der Waals surface area (Å²) in [6.07, 6.45) is 9.86. The quantitative estimate of drug-likeness (QED) is 0.785. The van der Waals surface area contributed by atoms with E-state index in [1.807, 2.05) is 0 Å². The first-order chi connectivity index (χ1) is 9.66. The summed E-state index contributed by atoms with van der Waals surface area (Å²) in [6.45, 7) is 6.73. The van der Waals surface area contributed by atoms with Crippen molar-refractivity contribution < 1.29 is 4.79 Å². The maximum Gasteiger partial charge on any atom is 0.220 e. The molecule has 0 spiro atoms. The highest BCUT2D eigenvalue weighted by Gasteiger charge is 2.25. The molecule has 3 unspecified atom stereocenters. The summed E-state index contributed by atoms with van der Waals surface area (Å²) < 4.78 is 0. The van der Waals surface area contributed by atoms with Crippen LogP contribution in [-0.4, -0.2) is 25.0 Å². The van der Waals surface area contributed by atoms with Crippen molar-refractivity contribution in [3.8, 4) is 0 Å². The largest absolute Gasteiger partial charge is 0.353 e.